The van der Waals surface area contributed by atoms with Crippen LogP contribution >= 0.6 is 15.9 Å². The number of halogens is 1. The third-order valence-corrected chi connectivity index (χ3v) is 6.15. The normalized spacial score (nSPS) is 44.3. The zero-order chi connectivity index (χ0) is 14.8. The molecule has 21 heavy (non-hydrogen) atoms. The average molecular weight is 349 g/mol. The second-order valence-electron chi connectivity index (χ2n) is 7.26. The van der Waals surface area contributed by atoms with Crippen LogP contribution in [0.3, 0.4) is 0 Å². The SMILES string of the molecule is CCC12CN3CC(C)(CN(C1)C3c1cccc(Br)c1)C2=O. The van der Waals surface area contributed by atoms with Crippen molar-refractivity contribution in [3.05, 3.63) is 34.3 Å². The Balaban J connectivity index is 1.76. The smallest absolute Gasteiger partial charge is 0.150 e. The van der Waals surface area contributed by atoms with Crippen molar-refractivity contribution in [2.45, 2.75) is 26.4 Å². The lowest BCUT2D eigenvalue weighted by atomic mass is 9.60. The molecule has 4 saturated heterocycles. The molecule has 0 amide bonds. The Kier molecular flexibility index (Phi) is 2.92. The number of rotatable bonds is 2. The summed E-state index contributed by atoms with van der Waals surface area (Å²) in [6.45, 7) is 7.99. The van der Waals surface area contributed by atoms with Crippen molar-refractivity contribution >= 4 is 21.7 Å². The molecule has 0 saturated carbocycles. The number of benzene rings is 1. The van der Waals surface area contributed by atoms with E-state index in [2.05, 4.69) is 63.8 Å². The van der Waals surface area contributed by atoms with Crippen LogP contribution in [0.1, 0.15) is 32.0 Å². The van der Waals surface area contributed by atoms with E-state index in [1.807, 2.05) is 0 Å². The van der Waals surface area contributed by atoms with Crippen LogP contribution < -0.4 is 0 Å². The van der Waals surface area contributed by atoms with Gasteiger partial charge in [-0.05, 0) is 24.1 Å². The molecule has 0 aromatic heterocycles. The van der Waals surface area contributed by atoms with Gasteiger partial charge in [0.2, 0.25) is 0 Å². The first-order chi connectivity index (χ1) is 9.97. The van der Waals surface area contributed by atoms with Crippen molar-refractivity contribution in [1.29, 1.82) is 0 Å². The van der Waals surface area contributed by atoms with E-state index >= 15 is 0 Å². The highest BCUT2D eigenvalue weighted by molar-refractivity contribution is 9.10. The van der Waals surface area contributed by atoms with E-state index in [1.54, 1.807) is 0 Å². The van der Waals surface area contributed by atoms with Crippen molar-refractivity contribution in [3.63, 3.8) is 0 Å². The molecule has 2 atom stereocenters. The summed E-state index contributed by atoms with van der Waals surface area (Å²) in [6, 6.07) is 8.61. The highest BCUT2D eigenvalue weighted by Crippen LogP contribution is 2.53. The third-order valence-electron chi connectivity index (χ3n) is 5.66. The second kappa shape index (κ2) is 4.40. The van der Waals surface area contributed by atoms with Crippen molar-refractivity contribution in [2.75, 3.05) is 26.2 Å². The topological polar surface area (TPSA) is 23.6 Å². The molecule has 3 nitrogen and oxygen atoms in total. The van der Waals surface area contributed by atoms with Crippen molar-refractivity contribution in [2.24, 2.45) is 10.8 Å². The first-order valence-corrected chi connectivity index (χ1v) is 8.55. The molecule has 0 N–H and O–H groups in total. The quantitative estimate of drug-likeness (QED) is 0.820. The summed E-state index contributed by atoms with van der Waals surface area (Å²) in [7, 11) is 0. The summed E-state index contributed by atoms with van der Waals surface area (Å²) in [5, 5.41) is 0. The number of carbonyl (C=O) groups excluding carboxylic acids is 1. The van der Waals surface area contributed by atoms with Gasteiger partial charge in [0.25, 0.3) is 0 Å². The Labute approximate surface area is 134 Å². The predicted molar refractivity (Wildman–Crippen MR) is 85.9 cm³/mol. The molecule has 2 unspecified atom stereocenters. The number of ketones is 1. The van der Waals surface area contributed by atoms with Crippen LogP contribution in [-0.4, -0.2) is 41.8 Å². The van der Waals surface area contributed by atoms with Gasteiger partial charge in [-0.1, -0.05) is 41.9 Å². The molecular formula is C17H21BrN2O. The van der Waals surface area contributed by atoms with E-state index in [9.17, 15) is 4.79 Å². The largest absolute Gasteiger partial charge is 0.298 e. The lowest BCUT2D eigenvalue weighted by molar-refractivity contribution is -0.200. The fraction of sp³-hybridized carbons (Fsp3) is 0.588. The van der Waals surface area contributed by atoms with Crippen molar-refractivity contribution in [3.8, 4) is 0 Å². The van der Waals surface area contributed by atoms with Crippen LogP contribution in [-0.2, 0) is 4.79 Å². The van der Waals surface area contributed by atoms with E-state index in [-0.39, 0.29) is 10.8 Å². The molecule has 4 bridgehead atoms. The second-order valence-corrected chi connectivity index (χ2v) is 8.18. The summed E-state index contributed by atoms with van der Waals surface area (Å²) in [4.78, 5) is 17.9. The molecule has 4 fully saturated rings. The van der Waals surface area contributed by atoms with Gasteiger partial charge in [-0.15, -0.1) is 0 Å². The maximum Gasteiger partial charge on any atom is 0.150 e. The fourth-order valence-electron chi connectivity index (χ4n) is 4.86. The number of nitrogens with zero attached hydrogens (tertiary/aromatic N) is 2. The van der Waals surface area contributed by atoms with E-state index in [0.717, 1.165) is 37.1 Å². The molecule has 0 aliphatic carbocycles. The van der Waals surface area contributed by atoms with Gasteiger partial charge in [0.15, 0.2) is 0 Å². The Morgan fingerprint density at radius 1 is 1.24 bits per heavy atom. The minimum Gasteiger partial charge on any atom is -0.298 e. The summed E-state index contributed by atoms with van der Waals surface area (Å²) < 4.78 is 1.13. The number of piperidine rings is 2. The van der Waals surface area contributed by atoms with Gasteiger partial charge >= 0.3 is 0 Å². The van der Waals surface area contributed by atoms with Gasteiger partial charge in [0.05, 0.1) is 17.0 Å². The Morgan fingerprint density at radius 2 is 1.90 bits per heavy atom. The number of carbonyl (C=O) groups is 1. The summed E-state index contributed by atoms with van der Waals surface area (Å²) in [5.74, 6) is 0.512. The van der Waals surface area contributed by atoms with Crippen LogP contribution in [0.15, 0.2) is 28.7 Å². The lowest BCUT2D eigenvalue weighted by Gasteiger charge is -2.65. The number of Topliss-reactive ketones (excluding diaryl/α,β-unsaturated/α-hetero) is 1. The van der Waals surface area contributed by atoms with Gasteiger partial charge in [-0.2, -0.15) is 0 Å². The van der Waals surface area contributed by atoms with E-state index < -0.39 is 0 Å². The Bertz CT molecular complexity index is 599. The minimum atomic E-state index is -0.172. The fourth-order valence-corrected chi connectivity index (χ4v) is 5.28. The van der Waals surface area contributed by atoms with Crippen molar-refractivity contribution < 1.29 is 4.79 Å². The monoisotopic (exact) mass is 348 g/mol. The van der Waals surface area contributed by atoms with Crippen LogP contribution in [0.2, 0.25) is 0 Å². The molecule has 112 valence electrons. The van der Waals surface area contributed by atoms with Gasteiger partial charge in [0.1, 0.15) is 5.78 Å². The first kappa shape index (κ1) is 13.9. The van der Waals surface area contributed by atoms with Crippen LogP contribution in [0, 0.1) is 10.8 Å². The van der Waals surface area contributed by atoms with Gasteiger partial charge in [-0.3, -0.25) is 14.6 Å². The molecule has 4 heterocycles. The molecule has 4 heteroatoms. The minimum absolute atomic E-state index is 0.131. The maximum absolute atomic E-state index is 12.9. The summed E-state index contributed by atoms with van der Waals surface area (Å²) in [5.41, 5.74) is 1.04. The van der Waals surface area contributed by atoms with Crippen LogP contribution in [0.4, 0.5) is 0 Å². The molecule has 0 spiro atoms. The van der Waals surface area contributed by atoms with E-state index in [4.69, 9.17) is 0 Å². The standard InChI is InChI=1S/C17H21BrN2O/c1-3-17-10-19-8-16(2,15(17)21)9-20(11-17)14(19)12-5-4-6-13(18)7-12/h4-7,14H,3,8-11H2,1-2H3. The molecule has 5 rings (SSSR count). The maximum atomic E-state index is 12.9. The average Bonchev–Trinajstić information content (AvgIpc) is 2.43. The van der Waals surface area contributed by atoms with Crippen molar-refractivity contribution in [1.82, 2.24) is 9.80 Å². The van der Waals surface area contributed by atoms with Crippen LogP contribution in [0.5, 0.6) is 0 Å². The zero-order valence-corrected chi connectivity index (χ0v) is 14.2. The summed E-state index contributed by atoms with van der Waals surface area (Å²) in [6.07, 6.45) is 1.29. The zero-order valence-electron chi connectivity index (χ0n) is 12.6. The highest BCUT2D eigenvalue weighted by Gasteiger charge is 2.63. The van der Waals surface area contributed by atoms with Crippen LogP contribution in [0.25, 0.3) is 0 Å². The van der Waals surface area contributed by atoms with E-state index in [0.29, 0.717) is 11.9 Å². The number of hydrogen-bond acceptors (Lipinski definition) is 3. The summed E-state index contributed by atoms with van der Waals surface area (Å²) >= 11 is 3.58. The molecule has 1 aromatic carbocycles. The molecule has 1 aromatic rings. The van der Waals surface area contributed by atoms with Gasteiger partial charge < -0.3 is 0 Å². The van der Waals surface area contributed by atoms with Gasteiger partial charge in [-0.25, -0.2) is 0 Å². The Morgan fingerprint density at radius 3 is 2.48 bits per heavy atom. The molecule has 4 aliphatic rings. The first-order valence-electron chi connectivity index (χ1n) is 7.76. The lowest BCUT2D eigenvalue weighted by Crippen LogP contribution is -2.75. The molecule has 4 aliphatic heterocycles. The van der Waals surface area contributed by atoms with E-state index in [1.165, 1.54) is 5.56 Å². The molecular weight excluding hydrogens is 328 g/mol. The highest BCUT2D eigenvalue weighted by atomic mass is 79.9. The number of hydrogen-bond donors (Lipinski definition) is 0. The third kappa shape index (κ3) is 1.82. The molecule has 0 radical (unpaired) electrons. The van der Waals surface area contributed by atoms with Gasteiger partial charge in [0, 0.05) is 30.7 Å². The Hall–Kier alpha value is -0.710. The predicted octanol–water partition coefficient (Wildman–Crippen LogP) is 3.06.